The molecule has 1 atom stereocenters. The number of ether oxygens (including phenoxy) is 2. The lowest BCUT2D eigenvalue weighted by atomic mass is 9.98. The lowest BCUT2D eigenvalue weighted by Gasteiger charge is -2.35. The molecular weight excluding hydrogens is 427 g/mol. The highest BCUT2D eigenvalue weighted by Crippen LogP contribution is 2.35. The summed E-state index contributed by atoms with van der Waals surface area (Å²) in [6, 6.07) is 12.9. The summed E-state index contributed by atoms with van der Waals surface area (Å²) in [5.41, 5.74) is 0.667. The molecule has 0 bridgehead atoms. The predicted molar refractivity (Wildman–Crippen MR) is 120 cm³/mol. The van der Waals surface area contributed by atoms with E-state index in [1.54, 1.807) is 48.2 Å². The Hall–Kier alpha value is -3.68. The van der Waals surface area contributed by atoms with Crippen molar-refractivity contribution in [3.05, 3.63) is 65.7 Å². The molecule has 0 N–H and O–H groups in total. The van der Waals surface area contributed by atoms with Crippen molar-refractivity contribution < 1.29 is 28.2 Å². The van der Waals surface area contributed by atoms with E-state index in [2.05, 4.69) is 0 Å². The Morgan fingerprint density at radius 1 is 1.18 bits per heavy atom. The number of esters is 1. The smallest absolute Gasteiger partial charge is 0.310 e. The van der Waals surface area contributed by atoms with Gasteiger partial charge in [0.05, 0.1) is 18.2 Å². The predicted octanol–water partition coefficient (Wildman–Crippen LogP) is 3.39. The van der Waals surface area contributed by atoms with Crippen LogP contribution in [-0.2, 0) is 19.1 Å². The molecule has 0 radical (unpaired) electrons. The number of hydrogen-bond donors (Lipinski definition) is 0. The number of fused-ring (bicyclic) bond motifs is 1. The van der Waals surface area contributed by atoms with Crippen LogP contribution in [0.4, 0.5) is 10.1 Å². The van der Waals surface area contributed by atoms with Gasteiger partial charge in [0.1, 0.15) is 12.4 Å². The van der Waals surface area contributed by atoms with Gasteiger partial charge in [-0.05, 0) is 44.0 Å². The molecule has 172 valence electrons. The lowest BCUT2D eigenvalue weighted by molar-refractivity contribution is -0.151. The Morgan fingerprint density at radius 3 is 2.73 bits per heavy atom. The summed E-state index contributed by atoms with van der Waals surface area (Å²) in [7, 11) is 0. The number of nitrogens with zero attached hydrogens (tertiary/aromatic N) is 2. The average molecular weight is 452 g/mol. The monoisotopic (exact) mass is 452 g/mol. The molecule has 4 rings (SSSR count). The van der Waals surface area contributed by atoms with Gasteiger partial charge >= 0.3 is 5.97 Å². The summed E-state index contributed by atoms with van der Waals surface area (Å²) in [6.07, 6.45) is 2.68. The van der Waals surface area contributed by atoms with Crippen molar-refractivity contribution in [1.29, 1.82) is 0 Å². The standard InChI is InChI=1S/C25H25FN2O5/c1-2-32-25(31)18-9-7-13-27(15-18)23(29)16-28-20-11-5-6-12-21(20)33-22(24(28)30)14-17-8-3-4-10-19(17)26/h3-6,8,10-12,14,18H,2,7,9,13,15-16H2,1H3/b22-14-/t18-/m0/s1. The quantitative estimate of drug-likeness (QED) is 0.514. The molecule has 0 unspecified atom stereocenters. The van der Waals surface area contributed by atoms with Gasteiger partial charge in [0.25, 0.3) is 5.91 Å². The largest absolute Gasteiger partial charge is 0.466 e. The van der Waals surface area contributed by atoms with E-state index >= 15 is 0 Å². The van der Waals surface area contributed by atoms with Gasteiger partial charge in [-0.25, -0.2) is 4.39 Å². The van der Waals surface area contributed by atoms with Gasteiger partial charge in [-0.3, -0.25) is 19.3 Å². The van der Waals surface area contributed by atoms with Crippen LogP contribution in [0.5, 0.6) is 5.75 Å². The maximum atomic E-state index is 14.2. The Balaban J connectivity index is 1.57. The molecule has 2 aromatic rings. The summed E-state index contributed by atoms with van der Waals surface area (Å²) in [6.45, 7) is 2.59. The van der Waals surface area contributed by atoms with Gasteiger partial charge in [0.15, 0.2) is 11.5 Å². The highest BCUT2D eigenvalue weighted by Gasteiger charge is 2.35. The summed E-state index contributed by atoms with van der Waals surface area (Å²) in [5.74, 6) is -1.65. The first-order chi connectivity index (χ1) is 16.0. The highest BCUT2D eigenvalue weighted by molar-refractivity contribution is 6.12. The molecule has 2 aromatic carbocycles. The van der Waals surface area contributed by atoms with Crippen LogP contribution in [0.1, 0.15) is 25.3 Å². The van der Waals surface area contributed by atoms with Crippen LogP contribution in [0, 0.1) is 11.7 Å². The SMILES string of the molecule is CCOC(=O)[C@H]1CCCN(C(=O)CN2C(=O)/C(=C/c3ccccc3F)Oc3ccccc32)C1. The summed E-state index contributed by atoms with van der Waals surface area (Å²) in [5, 5.41) is 0. The highest BCUT2D eigenvalue weighted by atomic mass is 19.1. The third kappa shape index (κ3) is 4.89. The third-order valence-corrected chi connectivity index (χ3v) is 5.71. The second-order valence-electron chi connectivity index (χ2n) is 7.92. The normalized spacial score (nSPS) is 19.2. The number of hydrogen-bond acceptors (Lipinski definition) is 5. The van der Waals surface area contributed by atoms with Gasteiger partial charge in [-0.1, -0.05) is 30.3 Å². The fraction of sp³-hybridized carbons (Fsp3) is 0.320. The average Bonchev–Trinajstić information content (AvgIpc) is 2.83. The van der Waals surface area contributed by atoms with Crippen LogP contribution in [-0.4, -0.2) is 48.9 Å². The molecule has 7 nitrogen and oxygen atoms in total. The van der Waals surface area contributed by atoms with Crippen molar-refractivity contribution in [3.63, 3.8) is 0 Å². The van der Waals surface area contributed by atoms with E-state index in [9.17, 15) is 18.8 Å². The van der Waals surface area contributed by atoms with E-state index in [0.717, 1.165) is 0 Å². The zero-order valence-electron chi connectivity index (χ0n) is 18.3. The van der Waals surface area contributed by atoms with Crippen molar-refractivity contribution in [2.45, 2.75) is 19.8 Å². The number of likely N-dealkylation sites (tertiary alicyclic amines) is 1. The van der Waals surface area contributed by atoms with Crippen molar-refractivity contribution in [3.8, 4) is 5.75 Å². The summed E-state index contributed by atoms with van der Waals surface area (Å²) in [4.78, 5) is 41.4. The molecule has 8 heteroatoms. The van der Waals surface area contributed by atoms with E-state index in [0.29, 0.717) is 37.4 Å². The Labute approximate surface area is 191 Å². The van der Waals surface area contributed by atoms with Gasteiger partial charge in [-0.15, -0.1) is 0 Å². The number of anilines is 1. The molecule has 0 saturated carbocycles. The van der Waals surface area contributed by atoms with E-state index in [4.69, 9.17) is 9.47 Å². The van der Waals surface area contributed by atoms with Crippen LogP contribution >= 0.6 is 0 Å². The van der Waals surface area contributed by atoms with Crippen LogP contribution in [0.15, 0.2) is 54.3 Å². The Morgan fingerprint density at radius 2 is 1.94 bits per heavy atom. The maximum Gasteiger partial charge on any atom is 0.310 e. The fourth-order valence-electron chi connectivity index (χ4n) is 4.04. The van der Waals surface area contributed by atoms with E-state index in [1.165, 1.54) is 23.1 Å². The number of amides is 2. The summed E-state index contributed by atoms with van der Waals surface area (Å²) < 4.78 is 25.0. The molecule has 2 heterocycles. The molecule has 1 saturated heterocycles. The zero-order chi connectivity index (χ0) is 23.4. The van der Waals surface area contributed by atoms with E-state index < -0.39 is 11.7 Å². The van der Waals surface area contributed by atoms with Crippen LogP contribution in [0.2, 0.25) is 0 Å². The molecule has 2 aliphatic heterocycles. The van der Waals surface area contributed by atoms with Gasteiger partial charge < -0.3 is 14.4 Å². The first kappa shape index (κ1) is 22.5. The molecule has 0 aromatic heterocycles. The third-order valence-electron chi connectivity index (χ3n) is 5.71. The lowest BCUT2D eigenvalue weighted by Crippen LogP contribution is -2.49. The molecule has 0 aliphatic carbocycles. The molecule has 2 amide bonds. The minimum atomic E-state index is -0.538. The maximum absolute atomic E-state index is 14.2. The number of halogens is 1. The Bertz CT molecular complexity index is 1100. The minimum absolute atomic E-state index is 0.0744. The molecule has 0 spiro atoms. The second kappa shape index (κ2) is 9.85. The first-order valence-electron chi connectivity index (χ1n) is 11.0. The van der Waals surface area contributed by atoms with Crippen LogP contribution in [0.25, 0.3) is 6.08 Å². The van der Waals surface area contributed by atoms with E-state index in [1.807, 2.05) is 0 Å². The minimum Gasteiger partial charge on any atom is -0.466 e. The van der Waals surface area contributed by atoms with Gasteiger partial charge in [0, 0.05) is 18.7 Å². The second-order valence-corrected chi connectivity index (χ2v) is 7.92. The number of benzene rings is 2. The Kier molecular flexibility index (Phi) is 6.72. The van der Waals surface area contributed by atoms with Crippen molar-refractivity contribution >= 4 is 29.5 Å². The zero-order valence-corrected chi connectivity index (χ0v) is 18.3. The van der Waals surface area contributed by atoms with Crippen molar-refractivity contribution in [2.75, 3.05) is 31.1 Å². The number of para-hydroxylation sites is 2. The van der Waals surface area contributed by atoms with Crippen LogP contribution < -0.4 is 9.64 Å². The summed E-state index contributed by atoms with van der Waals surface area (Å²) >= 11 is 0. The number of rotatable bonds is 5. The number of piperidine rings is 1. The molecular formula is C25H25FN2O5. The topological polar surface area (TPSA) is 76.2 Å². The number of carbonyl (C=O) groups excluding carboxylic acids is 3. The van der Waals surface area contributed by atoms with Gasteiger partial charge in [-0.2, -0.15) is 0 Å². The number of carbonyl (C=O) groups is 3. The first-order valence-corrected chi connectivity index (χ1v) is 11.0. The molecule has 33 heavy (non-hydrogen) atoms. The van der Waals surface area contributed by atoms with Crippen molar-refractivity contribution in [1.82, 2.24) is 4.90 Å². The van der Waals surface area contributed by atoms with Gasteiger partial charge in [0.2, 0.25) is 5.91 Å². The van der Waals surface area contributed by atoms with Crippen molar-refractivity contribution in [2.24, 2.45) is 5.92 Å². The molecule has 2 aliphatic rings. The molecule has 1 fully saturated rings. The van der Waals surface area contributed by atoms with E-state index in [-0.39, 0.29) is 42.2 Å². The fourth-order valence-corrected chi connectivity index (χ4v) is 4.04. The van der Waals surface area contributed by atoms with Crippen LogP contribution in [0.3, 0.4) is 0 Å².